The predicted molar refractivity (Wildman–Crippen MR) is 97.3 cm³/mol. The number of carbonyl (C=O) groups is 1. The Morgan fingerprint density at radius 1 is 1.04 bits per heavy atom. The highest BCUT2D eigenvalue weighted by molar-refractivity contribution is 6.15. The monoisotopic (exact) mass is 339 g/mol. The van der Waals surface area contributed by atoms with Gasteiger partial charge < -0.3 is 15.8 Å². The summed E-state index contributed by atoms with van der Waals surface area (Å²) < 4.78 is 5.75. The van der Waals surface area contributed by atoms with Crippen LogP contribution in [0.2, 0.25) is 0 Å². The van der Waals surface area contributed by atoms with E-state index in [9.17, 15) is 10.1 Å². The maximum atomic E-state index is 13.3. The van der Waals surface area contributed by atoms with Crippen LogP contribution < -0.4 is 15.8 Å². The highest BCUT2D eigenvalue weighted by Crippen LogP contribution is 2.54. The molecule has 0 aromatic heterocycles. The fourth-order valence-electron chi connectivity index (χ4n) is 4.10. The second-order valence-electron chi connectivity index (χ2n) is 6.36. The molecule has 1 unspecified atom stereocenters. The SMILES string of the molecule is N#CC1=C(N)Oc2ccc3ccccc3c2C12C(=O)Nc1ccccc12. The van der Waals surface area contributed by atoms with Crippen LogP contribution >= 0.6 is 0 Å². The molecule has 2 aliphatic heterocycles. The molecular weight excluding hydrogens is 326 g/mol. The molecule has 1 spiro atoms. The predicted octanol–water partition coefficient (Wildman–Crippen LogP) is 3.16. The molecule has 0 aliphatic carbocycles. The highest BCUT2D eigenvalue weighted by Gasteiger charge is 2.56. The maximum Gasteiger partial charge on any atom is 0.245 e. The van der Waals surface area contributed by atoms with Gasteiger partial charge in [-0.2, -0.15) is 5.26 Å². The van der Waals surface area contributed by atoms with E-state index < -0.39 is 5.41 Å². The first-order valence-electron chi connectivity index (χ1n) is 8.19. The number of nitriles is 1. The number of hydrogen-bond acceptors (Lipinski definition) is 4. The van der Waals surface area contributed by atoms with E-state index in [1.54, 1.807) is 6.07 Å². The van der Waals surface area contributed by atoms with Crippen LogP contribution in [0.5, 0.6) is 5.75 Å². The van der Waals surface area contributed by atoms with Gasteiger partial charge in [-0.15, -0.1) is 0 Å². The average molecular weight is 339 g/mol. The number of ether oxygens (including phenoxy) is 1. The lowest BCUT2D eigenvalue weighted by atomic mass is 9.67. The van der Waals surface area contributed by atoms with Crippen LogP contribution in [0.3, 0.4) is 0 Å². The van der Waals surface area contributed by atoms with E-state index in [1.807, 2.05) is 54.6 Å². The van der Waals surface area contributed by atoms with E-state index in [0.717, 1.165) is 10.8 Å². The standard InChI is InChI=1S/C21H13N3O2/c22-11-15-19(23)26-17-10-9-12-5-1-2-6-13(12)18(17)21(15)14-7-3-4-8-16(14)24-20(21)25/h1-10H,23H2,(H,24,25). The van der Waals surface area contributed by atoms with Crippen molar-refractivity contribution in [2.75, 3.05) is 5.32 Å². The minimum absolute atomic E-state index is 0.0397. The quantitative estimate of drug-likeness (QED) is 0.658. The summed E-state index contributed by atoms with van der Waals surface area (Å²) in [6.45, 7) is 0. The molecule has 0 fully saturated rings. The van der Waals surface area contributed by atoms with Crippen molar-refractivity contribution >= 4 is 22.4 Å². The third-order valence-electron chi connectivity index (χ3n) is 5.14. The van der Waals surface area contributed by atoms with Crippen molar-refractivity contribution in [2.45, 2.75) is 5.41 Å². The lowest BCUT2D eigenvalue weighted by molar-refractivity contribution is -0.118. The molecule has 1 amide bonds. The van der Waals surface area contributed by atoms with Gasteiger partial charge in [-0.05, 0) is 22.9 Å². The van der Waals surface area contributed by atoms with Crippen molar-refractivity contribution in [2.24, 2.45) is 5.73 Å². The minimum atomic E-state index is -1.32. The summed E-state index contributed by atoms with van der Waals surface area (Å²) in [4.78, 5) is 13.3. The van der Waals surface area contributed by atoms with Crippen molar-refractivity contribution in [3.63, 3.8) is 0 Å². The Morgan fingerprint density at radius 3 is 2.65 bits per heavy atom. The number of benzene rings is 3. The Kier molecular flexibility index (Phi) is 2.72. The molecule has 3 aromatic carbocycles. The van der Waals surface area contributed by atoms with Crippen LogP contribution in [-0.2, 0) is 10.2 Å². The summed E-state index contributed by atoms with van der Waals surface area (Å²) in [7, 11) is 0. The second-order valence-corrected chi connectivity index (χ2v) is 6.36. The smallest absolute Gasteiger partial charge is 0.245 e. The molecule has 0 saturated heterocycles. The largest absolute Gasteiger partial charge is 0.440 e. The summed E-state index contributed by atoms with van der Waals surface area (Å²) in [5.41, 5.74) is 6.93. The summed E-state index contributed by atoms with van der Waals surface area (Å²) >= 11 is 0. The zero-order valence-electron chi connectivity index (χ0n) is 13.6. The molecule has 2 aliphatic rings. The zero-order valence-corrected chi connectivity index (χ0v) is 13.6. The van der Waals surface area contributed by atoms with Gasteiger partial charge in [0.1, 0.15) is 22.8 Å². The van der Waals surface area contributed by atoms with Crippen LogP contribution in [0.4, 0.5) is 5.69 Å². The molecule has 5 nitrogen and oxygen atoms in total. The van der Waals surface area contributed by atoms with Crippen LogP contribution in [-0.4, -0.2) is 5.91 Å². The molecular formula is C21H13N3O2. The Balaban J connectivity index is 2.02. The van der Waals surface area contributed by atoms with E-state index in [4.69, 9.17) is 10.5 Å². The van der Waals surface area contributed by atoms with E-state index in [2.05, 4.69) is 11.4 Å². The Hall–Kier alpha value is -3.78. The number of anilines is 1. The Morgan fingerprint density at radius 2 is 1.81 bits per heavy atom. The molecule has 3 aromatic rings. The third kappa shape index (κ3) is 1.56. The van der Waals surface area contributed by atoms with Gasteiger partial charge in [-0.3, -0.25) is 4.79 Å². The van der Waals surface area contributed by atoms with Gasteiger partial charge in [0, 0.05) is 16.8 Å². The average Bonchev–Trinajstić information content (AvgIpc) is 2.94. The first-order chi connectivity index (χ1) is 12.7. The molecule has 1 atom stereocenters. The summed E-state index contributed by atoms with van der Waals surface area (Å²) in [5.74, 6) is 0.160. The fourth-order valence-corrected chi connectivity index (χ4v) is 4.10. The Bertz CT molecular complexity index is 1190. The first-order valence-corrected chi connectivity index (χ1v) is 8.19. The van der Waals surface area contributed by atoms with Gasteiger partial charge in [0.2, 0.25) is 11.8 Å². The van der Waals surface area contributed by atoms with E-state index in [1.165, 1.54) is 0 Å². The normalized spacial score (nSPS) is 20.3. The summed E-state index contributed by atoms with van der Waals surface area (Å²) in [5, 5.41) is 14.6. The number of carbonyl (C=O) groups excluding carboxylic acids is 1. The first kappa shape index (κ1) is 14.6. The molecule has 2 heterocycles. The van der Waals surface area contributed by atoms with Gasteiger partial charge in [-0.1, -0.05) is 48.5 Å². The van der Waals surface area contributed by atoms with Crippen molar-refractivity contribution in [1.29, 1.82) is 5.26 Å². The van der Waals surface area contributed by atoms with Crippen LogP contribution in [0, 0.1) is 11.3 Å². The topological polar surface area (TPSA) is 88.1 Å². The molecule has 0 saturated carbocycles. The lowest BCUT2D eigenvalue weighted by Crippen LogP contribution is -2.42. The maximum absolute atomic E-state index is 13.3. The van der Waals surface area contributed by atoms with Crippen LogP contribution in [0.15, 0.2) is 72.1 Å². The number of para-hydroxylation sites is 1. The number of nitrogens with two attached hydrogens (primary N) is 1. The third-order valence-corrected chi connectivity index (χ3v) is 5.14. The molecule has 124 valence electrons. The van der Waals surface area contributed by atoms with E-state index in [-0.39, 0.29) is 17.4 Å². The second kappa shape index (κ2) is 4.87. The van der Waals surface area contributed by atoms with Crippen molar-refractivity contribution in [3.8, 4) is 11.8 Å². The molecule has 5 rings (SSSR count). The Labute approximate surface area is 149 Å². The van der Waals surface area contributed by atoms with Gasteiger partial charge in [0.25, 0.3) is 0 Å². The highest BCUT2D eigenvalue weighted by atomic mass is 16.5. The van der Waals surface area contributed by atoms with E-state index >= 15 is 0 Å². The van der Waals surface area contributed by atoms with Crippen molar-refractivity contribution < 1.29 is 9.53 Å². The van der Waals surface area contributed by atoms with Gasteiger partial charge in [-0.25, -0.2) is 0 Å². The van der Waals surface area contributed by atoms with Crippen molar-refractivity contribution in [3.05, 3.63) is 83.2 Å². The number of nitrogens with zero attached hydrogens (tertiary/aromatic N) is 1. The van der Waals surface area contributed by atoms with Crippen LogP contribution in [0.1, 0.15) is 11.1 Å². The lowest BCUT2D eigenvalue weighted by Gasteiger charge is -2.34. The summed E-state index contributed by atoms with van der Waals surface area (Å²) in [6, 6.07) is 21.0. The van der Waals surface area contributed by atoms with Gasteiger partial charge in [0.05, 0.1) is 0 Å². The van der Waals surface area contributed by atoms with E-state index in [0.29, 0.717) is 22.6 Å². The van der Waals surface area contributed by atoms with Gasteiger partial charge >= 0.3 is 0 Å². The van der Waals surface area contributed by atoms with Crippen LogP contribution in [0.25, 0.3) is 10.8 Å². The number of rotatable bonds is 0. The zero-order chi connectivity index (χ0) is 17.9. The van der Waals surface area contributed by atoms with Crippen molar-refractivity contribution in [1.82, 2.24) is 0 Å². The minimum Gasteiger partial charge on any atom is -0.440 e. The molecule has 5 heteroatoms. The number of amides is 1. The molecule has 3 N–H and O–H groups in total. The number of fused-ring (bicyclic) bond motifs is 6. The fraction of sp³-hybridized carbons (Fsp3) is 0.0476. The number of hydrogen-bond donors (Lipinski definition) is 2. The molecule has 0 radical (unpaired) electrons. The summed E-state index contributed by atoms with van der Waals surface area (Å²) in [6.07, 6.45) is 0. The molecule has 0 bridgehead atoms. The van der Waals surface area contributed by atoms with Gasteiger partial charge in [0.15, 0.2) is 0 Å². The molecule has 26 heavy (non-hydrogen) atoms. The number of nitrogens with one attached hydrogen (secondary N) is 1.